The fourth-order valence-electron chi connectivity index (χ4n) is 1.99. The number of hydrogen-bond donors (Lipinski definition) is 1. The van der Waals surface area contributed by atoms with Crippen molar-refractivity contribution in [3.05, 3.63) is 43.7 Å². The Labute approximate surface area is 141 Å². The second-order valence-corrected chi connectivity index (χ2v) is 6.84. The number of fused-ring (bicyclic) bond motifs is 1. The molecule has 0 unspecified atom stereocenters. The molecular weight excluding hydrogens is 452 g/mol. The van der Waals surface area contributed by atoms with Crippen molar-refractivity contribution in [3.63, 3.8) is 0 Å². The second kappa shape index (κ2) is 5.50. The third-order valence-corrected chi connectivity index (χ3v) is 4.61. The van der Waals surface area contributed by atoms with Gasteiger partial charge in [-0.1, -0.05) is 15.9 Å². The Morgan fingerprint density at radius 1 is 1.05 bits per heavy atom. The molecule has 3 rings (SSSR count). The van der Waals surface area contributed by atoms with Crippen LogP contribution in [0.1, 0.15) is 0 Å². The lowest BCUT2D eigenvalue weighted by molar-refractivity contribution is 0.412. The van der Waals surface area contributed by atoms with E-state index in [1.165, 1.54) is 0 Å². The van der Waals surface area contributed by atoms with Crippen molar-refractivity contribution in [1.29, 1.82) is 0 Å². The maximum absolute atomic E-state index is 5.24. The second-order valence-electron chi connectivity index (χ2n) is 4.22. The Hall–Kier alpha value is -0.850. The van der Waals surface area contributed by atoms with Gasteiger partial charge in [0.2, 0.25) is 0 Å². The molecule has 0 aliphatic rings. The summed E-state index contributed by atoms with van der Waals surface area (Å²) in [6.45, 7) is 0. The molecule has 3 nitrogen and oxygen atoms in total. The summed E-state index contributed by atoms with van der Waals surface area (Å²) in [5.41, 5.74) is 2.89. The van der Waals surface area contributed by atoms with E-state index in [0.717, 1.165) is 41.6 Å². The highest BCUT2D eigenvalue weighted by atomic mass is 79.9. The molecular formula is C14H9Br3N2O. The first kappa shape index (κ1) is 14.1. The molecule has 0 radical (unpaired) electrons. The first-order chi connectivity index (χ1) is 9.58. The predicted molar refractivity (Wildman–Crippen MR) is 91.2 cm³/mol. The number of H-pyrrole nitrogens is 1. The van der Waals surface area contributed by atoms with Gasteiger partial charge in [-0.3, -0.25) is 0 Å². The number of aromatic amines is 1. The van der Waals surface area contributed by atoms with Crippen LogP contribution in [-0.4, -0.2) is 17.1 Å². The molecule has 0 amide bonds. The van der Waals surface area contributed by atoms with Gasteiger partial charge in [0.25, 0.3) is 0 Å². The van der Waals surface area contributed by atoms with Crippen LogP contribution in [0, 0.1) is 0 Å². The van der Waals surface area contributed by atoms with E-state index >= 15 is 0 Å². The molecule has 0 saturated carbocycles. The zero-order chi connectivity index (χ0) is 14.3. The number of aromatic nitrogens is 2. The van der Waals surface area contributed by atoms with E-state index in [4.69, 9.17) is 4.74 Å². The fraction of sp³-hybridized carbons (Fsp3) is 0.0714. The summed E-state index contributed by atoms with van der Waals surface area (Å²) < 4.78 is 8.10. The molecule has 102 valence electrons. The van der Waals surface area contributed by atoms with Gasteiger partial charge >= 0.3 is 0 Å². The van der Waals surface area contributed by atoms with E-state index < -0.39 is 0 Å². The Kier molecular flexibility index (Phi) is 3.88. The van der Waals surface area contributed by atoms with Crippen molar-refractivity contribution in [2.24, 2.45) is 0 Å². The maximum atomic E-state index is 5.24. The quantitative estimate of drug-likeness (QED) is 0.546. The van der Waals surface area contributed by atoms with E-state index in [1.807, 2.05) is 30.3 Å². The zero-order valence-corrected chi connectivity index (χ0v) is 15.1. The minimum atomic E-state index is 0.800. The van der Waals surface area contributed by atoms with Crippen LogP contribution in [0.4, 0.5) is 0 Å². The summed E-state index contributed by atoms with van der Waals surface area (Å²) in [5, 5.41) is 0. The molecule has 6 heteroatoms. The average molecular weight is 461 g/mol. The van der Waals surface area contributed by atoms with E-state index in [1.54, 1.807) is 7.11 Å². The molecule has 0 saturated heterocycles. The Bertz CT molecular complexity index is 798. The largest absolute Gasteiger partial charge is 0.496 e. The topological polar surface area (TPSA) is 37.9 Å². The van der Waals surface area contributed by atoms with Crippen molar-refractivity contribution < 1.29 is 4.74 Å². The summed E-state index contributed by atoms with van der Waals surface area (Å²) >= 11 is 10.5. The van der Waals surface area contributed by atoms with E-state index in [2.05, 4.69) is 57.8 Å². The van der Waals surface area contributed by atoms with Crippen molar-refractivity contribution in [2.75, 3.05) is 7.11 Å². The minimum absolute atomic E-state index is 0.800. The first-order valence-corrected chi connectivity index (χ1v) is 8.15. The van der Waals surface area contributed by atoms with Crippen LogP contribution in [0.25, 0.3) is 22.4 Å². The van der Waals surface area contributed by atoms with Gasteiger partial charge in [-0.15, -0.1) is 0 Å². The van der Waals surface area contributed by atoms with Crippen molar-refractivity contribution in [1.82, 2.24) is 9.97 Å². The van der Waals surface area contributed by atoms with Crippen LogP contribution < -0.4 is 4.74 Å². The standard InChI is InChI=1S/C14H9Br3N2O/c1-20-12-3-2-7(4-9(12)16)14-18-11-6-8(15)5-10(17)13(11)19-14/h2-6H,1H3,(H,18,19). The molecule has 2 aromatic carbocycles. The number of benzene rings is 2. The highest BCUT2D eigenvalue weighted by molar-refractivity contribution is 9.11. The van der Waals surface area contributed by atoms with Crippen LogP contribution in [0.3, 0.4) is 0 Å². The summed E-state index contributed by atoms with van der Waals surface area (Å²) in [7, 11) is 1.65. The molecule has 1 heterocycles. The van der Waals surface area contributed by atoms with E-state index in [-0.39, 0.29) is 0 Å². The fourth-order valence-corrected chi connectivity index (χ4v) is 3.85. The van der Waals surface area contributed by atoms with Crippen LogP contribution in [-0.2, 0) is 0 Å². The first-order valence-electron chi connectivity index (χ1n) is 5.77. The molecule has 1 aromatic heterocycles. The van der Waals surface area contributed by atoms with Gasteiger partial charge in [-0.2, -0.15) is 0 Å². The highest BCUT2D eigenvalue weighted by Gasteiger charge is 2.10. The van der Waals surface area contributed by atoms with Gasteiger partial charge in [0.05, 0.1) is 17.1 Å². The monoisotopic (exact) mass is 458 g/mol. The smallest absolute Gasteiger partial charge is 0.138 e. The van der Waals surface area contributed by atoms with Gasteiger partial charge in [0.15, 0.2) is 0 Å². The Morgan fingerprint density at radius 2 is 1.85 bits per heavy atom. The Morgan fingerprint density at radius 3 is 2.55 bits per heavy atom. The number of ether oxygens (including phenoxy) is 1. The van der Waals surface area contributed by atoms with Crippen LogP contribution in [0.5, 0.6) is 5.75 Å². The SMILES string of the molecule is COc1ccc(-c2nc3c(Br)cc(Br)cc3[nH]2)cc1Br. The third-order valence-electron chi connectivity index (χ3n) is 2.93. The Balaban J connectivity index is 2.15. The number of halogens is 3. The van der Waals surface area contributed by atoms with Crippen molar-refractivity contribution in [2.45, 2.75) is 0 Å². The molecule has 0 aliphatic carbocycles. The van der Waals surface area contributed by atoms with Crippen LogP contribution >= 0.6 is 47.8 Å². The van der Waals surface area contributed by atoms with Crippen molar-refractivity contribution >= 4 is 58.8 Å². The maximum Gasteiger partial charge on any atom is 0.138 e. The molecule has 0 bridgehead atoms. The molecule has 0 fully saturated rings. The predicted octanol–water partition coefficient (Wildman–Crippen LogP) is 5.53. The zero-order valence-electron chi connectivity index (χ0n) is 10.4. The molecule has 1 N–H and O–H groups in total. The lowest BCUT2D eigenvalue weighted by Gasteiger charge is -2.04. The molecule has 3 aromatic rings. The summed E-state index contributed by atoms with van der Waals surface area (Å²) in [5.74, 6) is 1.62. The molecule has 0 aliphatic heterocycles. The molecule has 0 spiro atoms. The van der Waals surface area contributed by atoms with E-state index in [9.17, 15) is 0 Å². The normalized spacial score (nSPS) is 11.0. The van der Waals surface area contributed by atoms with Gasteiger partial charge in [0, 0.05) is 14.5 Å². The number of rotatable bonds is 2. The van der Waals surface area contributed by atoms with Crippen LogP contribution in [0.2, 0.25) is 0 Å². The third kappa shape index (κ3) is 2.52. The number of methoxy groups -OCH3 is 1. The summed E-state index contributed by atoms with van der Waals surface area (Å²) in [4.78, 5) is 7.96. The summed E-state index contributed by atoms with van der Waals surface area (Å²) in [6, 6.07) is 9.87. The van der Waals surface area contributed by atoms with Gasteiger partial charge in [-0.25, -0.2) is 4.98 Å². The minimum Gasteiger partial charge on any atom is -0.496 e. The number of imidazole rings is 1. The number of hydrogen-bond acceptors (Lipinski definition) is 2. The number of nitrogens with one attached hydrogen (secondary N) is 1. The average Bonchev–Trinajstić information content (AvgIpc) is 2.82. The van der Waals surface area contributed by atoms with Gasteiger partial charge in [-0.05, 0) is 62.2 Å². The molecule has 0 atom stereocenters. The lowest BCUT2D eigenvalue weighted by atomic mass is 10.2. The highest BCUT2D eigenvalue weighted by Crippen LogP contribution is 2.32. The lowest BCUT2D eigenvalue weighted by Crippen LogP contribution is -1.86. The summed E-state index contributed by atoms with van der Waals surface area (Å²) in [6.07, 6.45) is 0. The molecule has 20 heavy (non-hydrogen) atoms. The number of nitrogens with zero attached hydrogens (tertiary/aromatic N) is 1. The van der Waals surface area contributed by atoms with Crippen molar-refractivity contribution in [3.8, 4) is 17.1 Å². The van der Waals surface area contributed by atoms with E-state index in [0.29, 0.717) is 0 Å². The van der Waals surface area contributed by atoms with Crippen LogP contribution in [0.15, 0.2) is 43.7 Å². The van der Waals surface area contributed by atoms with Gasteiger partial charge < -0.3 is 9.72 Å². The van der Waals surface area contributed by atoms with Gasteiger partial charge in [0.1, 0.15) is 17.1 Å².